The Morgan fingerprint density at radius 3 is 2.56 bits per heavy atom. The summed E-state index contributed by atoms with van der Waals surface area (Å²) in [7, 11) is 1.44. The van der Waals surface area contributed by atoms with E-state index in [-0.39, 0.29) is 12.0 Å². The number of methoxy groups -OCH3 is 1. The summed E-state index contributed by atoms with van der Waals surface area (Å²) in [6.45, 7) is 8.17. The molecule has 0 heterocycles. The molecule has 16 heavy (non-hydrogen) atoms. The smallest absolute Gasteiger partial charge is 0.326 e. The fourth-order valence-corrected chi connectivity index (χ4v) is 2.79. The molecule has 0 aromatic carbocycles. The highest BCUT2D eigenvalue weighted by molar-refractivity contribution is 7.99. The highest BCUT2D eigenvalue weighted by Crippen LogP contribution is 2.17. The summed E-state index contributed by atoms with van der Waals surface area (Å²) in [6.07, 6.45) is 2.39. The van der Waals surface area contributed by atoms with Crippen LogP contribution in [0.25, 0.3) is 0 Å². The topological polar surface area (TPSA) is 38.3 Å². The fraction of sp³-hybridized carbons (Fsp3) is 0.917. The molecular weight excluding hydrogens is 222 g/mol. The van der Waals surface area contributed by atoms with Crippen molar-refractivity contribution in [1.29, 1.82) is 0 Å². The molecule has 0 amide bonds. The van der Waals surface area contributed by atoms with Crippen molar-refractivity contribution in [3.8, 4) is 0 Å². The third kappa shape index (κ3) is 5.75. The van der Waals surface area contributed by atoms with E-state index in [0.717, 1.165) is 11.5 Å². The first kappa shape index (κ1) is 15.8. The minimum atomic E-state index is -0.568. The molecule has 0 aromatic rings. The minimum absolute atomic E-state index is 0.176. The lowest BCUT2D eigenvalue weighted by Crippen LogP contribution is -2.55. The number of carbonyl (C=O) groups excluding carboxylic acids is 1. The van der Waals surface area contributed by atoms with Gasteiger partial charge in [-0.25, -0.2) is 0 Å². The molecule has 1 N–H and O–H groups in total. The monoisotopic (exact) mass is 247 g/mol. The first-order valence-corrected chi connectivity index (χ1v) is 7.05. The van der Waals surface area contributed by atoms with Gasteiger partial charge in [-0.3, -0.25) is 10.1 Å². The van der Waals surface area contributed by atoms with Gasteiger partial charge in [0, 0.05) is 11.8 Å². The van der Waals surface area contributed by atoms with Gasteiger partial charge in [0.2, 0.25) is 0 Å². The Hall–Kier alpha value is -0.220. The largest absolute Gasteiger partial charge is 0.468 e. The van der Waals surface area contributed by atoms with E-state index in [2.05, 4.69) is 12.2 Å². The van der Waals surface area contributed by atoms with Crippen molar-refractivity contribution in [1.82, 2.24) is 5.32 Å². The lowest BCUT2D eigenvalue weighted by molar-refractivity contribution is -0.147. The Labute approximate surface area is 104 Å². The summed E-state index contributed by atoms with van der Waals surface area (Å²) in [6, 6.07) is 0.274. The number of carbonyl (C=O) groups is 1. The Morgan fingerprint density at radius 2 is 2.12 bits per heavy atom. The summed E-state index contributed by atoms with van der Waals surface area (Å²) in [5.74, 6) is 1.69. The van der Waals surface area contributed by atoms with Crippen molar-refractivity contribution in [2.24, 2.45) is 0 Å². The number of esters is 1. The number of hydrogen-bond acceptors (Lipinski definition) is 4. The van der Waals surface area contributed by atoms with Gasteiger partial charge < -0.3 is 4.74 Å². The molecule has 0 aliphatic heterocycles. The fourth-order valence-electron chi connectivity index (χ4n) is 1.54. The van der Waals surface area contributed by atoms with Gasteiger partial charge >= 0.3 is 5.97 Å². The molecule has 0 fully saturated rings. The summed E-state index contributed by atoms with van der Waals surface area (Å²) < 4.78 is 4.86. The van der Waals surface area contributed by atoms with Crippen molar-refractivity contribution in [2.45, 2.75) is 52.1 Å². The lowest BCUT2D eigenvalue weighted by Gasteiger charge is -2.29. The minimum Gasteiger partial charge on any atom is -0.468 e. The second-order valence-electron chi connectivity index (χ2n) is 4.53. The molecule has 1 atom stereocenters. The highest BCUT2D eigenvalue weighted by Gasteiger charge is 2.34. The molecule has 3 nitrogen and oxygen atoms in total. The second-order valence-corrected chi connectivity index (χ2v) is 5.63. The predicted molar refractivity (Wildman–Crippen MR) is 70.9 cm³/mol. The van der Waals surface area contributed by atoms with E-state index in [1.165, 1.54) is 20.0 Å². The molecule has 96 valence electrons. The highest BCUT2D eigenvalue weighted by atomic mass is 32.2. The van der Waals surface area contributed by atoms with E-state index in [1.54, 1.807) is 0 Å². The third-order valence-electron chi connectivity index (χ3n) is 2.28. The van der Waals surface area contributed by atoms with Crippen LogP contribution >= 0.6 is 11.8 Å². The van der Waals surface area contributed by atoms with Gasteiger partial charge in [-0.1, -0.05) is 13.3 Å². The quantitative estimate of drug-likeness (QED) is 0.528. The van der Waals surface area contributed by atoms with Crippen molar-refractivity contribution in [3.63, 3.8) is 0 Å². The van der Waals surface area contributed by atoms with Crippen LogP contribution in [0.3, 0.4) is 0 Å². The van der Waals surface area contributed by atoms with Crippen LogP contribution < -0.4 is 5.32 Å². The van der Waals surface area contributed by atoms with Crippen LogP contribution in [0.4, 0.5) is 0 Å². The van der Waals surface area contributed by atoms with E-state index in [9.17, 15) is 4.79 Å². The Morgan fingerprint density at radius 1 is 1.50 bits per heavy atom. The Balaban J connectivity index is 4.25. The van der Waals surface area contributed by atoms with E-state index >= 15 is 0 Å². The van der Waals surface area contributed by atoms with Crippen LogP contribution in [-0.2, 0) is 9.53 Å². The van der Waals surface area contributed by atoms with Crippen LogP contribution in [-0.4, -0.2) is 36.2 Å². The van der Waals surface area contributed by atoms with E-state index in [4.69, 9.17) is 4.74 Å². The standard InChI is InChI=1S/C12H25NO2S/c1-6-7-8-16-9-12(4,11(14)15-5)13-10(2)3/h10,13H,6-9H2,1-5H3. The van der Waals surface area contributed by atoms with Crippen molar-refractivity contribution in [3.05, 3.63) is 0 Å². The normalized spacial score (nSPS) is 14.9. The van der Waals surface area contributed by atoms with Crippen LogP contribution in [0.5, 0.6) is 0 Å². The van der Waals surface area contributed by atoms with Gasteiger partial charge in [-0.2, -0.15) is 11.8 Å². The Bertz CT molecular complexity index is 209. The first-order chi connectivity index (χ1) is 7.46. The summed E-state index contributed by atoms with van der Waals surface area (Å²) >= 11 is 1.81. The zero-order valence-corrected chi connectivity index (χ0v) is 11.9. The maximum atomic E-state index is 11.7. The molecule has 4 heteroatoms. The van der Waals surface area contributed by atoms with Gasteiger partial charge in [-0.15, -0.1) is 0 Å². The summed E-state index contributed by atoms with van der Waals surface area (Å²) in [4.78, 5) is 11.7. The summed E-state index contributed by atoms with van der Waals surface area (Å²) in [5.41, 5.74) is -0.568. The van der Waals surface area contributed by atoms with Gasteiger partial charge in [0.05, 0.1) is 7.11 Å². The van der Waals surface area contributed by atoms with Crippen molar-refractivity contribution in [2.75, 3.05) is 18.6 Å². The third-order valence-corrected chi connectivity index (χ3v) is 3.63. The maximum Gasteiger partial charge on any atom is 0.326 e. The number of nitrogens with one attached hydrogen (secondary N) is 1. The predicted octanol–water partition coefficient (Wildman–Crippen LogP) is 2.45. The molecule has 0 aromatic heterocycles. The van der Waals surface area contributed by atoms with Crippen LogP contribution in [0.2, 0.25) is 0 Å². The maximum absolute atomic E-state index is 11.7. The molecule has 0 bridgehead atoms. The van der Waals surface area contributed by atoms with Crippen LogP contribution in [0, 0.1) is 0 Å². The van der Waals surface area contributed by atoms with E-state index in [1.807, 2.05) is 32.5 Å². The molecule has 0 radical (unpaired) electrons. The molecular formula is C12H25NO2S. The molecule has 0 saturated carbocycles. The summed E-state index contributed by atoms with van der Waals surface area (Å²) in [5, 5.41) is 3.29. The van der Waals surface area contributed by atoms with Gasteiger partial charge in [-0.05, 0) is 32.9 Å². The molecule has 0 aliphatic rings. The molecule has 1 unspecified atom stereocenters. The second kappa shape index (κ2) is 7.96. The van der Waals surface area contributed by atoms with Crippen molar-refractivity contribution >= 4 is 17.7 Å². The SMILES string of the molecule is CCCCSCC(C)(NC(C)C)C(=O)OC. The number of ether oxygens (including phenoxy) is 1. The molecule has 0 aliphatic carbocycles. The lowest BCUT2D eigenvalue weighted by atomic mass is 10.0. The zero-order chi connectivity index (χ0) is 12.6. The first-order valence-electron chi connectivity index (χ1n) is 5.90. The van der Waals surface area contributed by atoms with Gasteiger partial charge in [0.25, 0.3) is 0 Å². The molecule has 0 spiro atoms. The van der Waals surface area contributed by atoms with Crippen LogP contribution in [0.15, 0.2) is 0 Å². The van der Waals surface area contributed by atoms with E-state index in [0.29, 0.717) is 0 Å². The zero-order valence-electron chi connectivity index (χ0n) is 11.1. The Kier molecular flexibility index (Phi) is 7.85. The average molecular weight is 247 g/mol. The number of unbranched alkanes of at least 4 members (excludes halogenated alkanes) is 1. The van der Waals surface area contributed by atoms with E-state index < -0.39 is 5.54 Å². The number of rotatable bonds is 8. The molecule has 0 saturated heterocycles. The average Bonchev–Trinajstić information content (AvgIpc) is 2.22. The molecule has 0 rings (SSSR count). The van der Waals surface area contributed by atoms with Crippen molar-refractivity contribution < 1.29 is 9.53 Å². The van der Waals surface area contributed by atoms with Gasteiger partial charge in [0.15, 0.2) is 0 Å². The number of thioether (sulfide) groups is 1. The van der Waals surface area contributed by atoms with Gasteiger partial charge in [0.1, 0.15) is 5.54 Å². The van der Waals surface area contributed by atoms with Crippen LogP contribution in [0.1, 0.15) is 40.5 Å². The number of hydrogen-bond donors (Lipinski definition) is 1.